The number of hydroxylamine groups is 2. The van der Waals surface area contributed by atoms with Crippen LogP contribution in [0, 0.1) is 5.41 Å². The molecule has 1 aliphatic heterocycles. The third-order valence-corrected chi connectivity index (χ3v) is 1.35. The monoisotopic (exact) mass is 114 g/mol. The van der Waals surface area contributed by atoms with E-state index in [0.717, 1.165) is 24.3 Å². The molecule has 0 saturated carbocycles. The maximum absolute atomic E-state index is 8.79. The lowest BCUT2D eigenvalue weighted by atomic mass is 10.1. The highest BCUT2D eigenvalue weighted by atomic mass is 16.5. The summed E-state index contributed by atoms with van der Waals surface area (Å²) in [6.07, 6.45) is 2.80. The number of hydrogen-bond donors (Lipinski definition) is 2. The molecule has 1 fully saturated rings. The lowest BCUT2D eigenvalue weighted by Crippen LogP contribution is -2.31. The predicted molar refractivity (Wildman–Crippen MR) is 30.1 cm³/mol. The summed E-state index contributed by atoms with van der Waals surface area (Å²) >= 11 is 0. The predicted octanol–water partition coefficient (Wildman–Crippen LogP) is 0.839. The van der Waals surface area contributed by atoms with E-state index in [2.05, 4.69) is 0 Å². The zero-order chi connectivity index (χ0) is 5.98. The van der Waals surface area contributed by atoms with E-state index in [4.69, 9.17) is 10.6 Å². The van der Waals surface area contributed by atoms with Gasteiger partial charge in [-0.15, -0.1) is 0 Å². The zero-order valence-electron chi connectivity index (χ0n) is 4.72. The summed E-state index contributed by atoms with van der Waals surface area (Å²) in [5.74, 6) is 0.358. The van der Waals surface area contributed by atoms with Crippen molar-refractivity contribution in [2.24, 2.45) is 0 Å². The van der Waals surface area contributed by atoms with Crippen molar-refractivity contribution in [1.29, 1.82) is 5.41 Å². The second-order valence-electron chi connectivity index (χ2n) is 2.03. The first-order valence-electron chi connectivity index (χ1n) is 2.84. The molecule has 8 heavy (non-hydrogen) atoms. The molecule has 0 spiro atoms. The van der Waals surface area contributed by atoms with Crippen LogP contribution in [0.4, 0.5) is 0 Å². The highest BCUT2D eigenvalue weighted by Gasteiger charge is 2.10. The van der Waals surface area contributed by atoms with Gasteiger partial charge >= 0.3 is 0 Å². The van der Waals surface area contributed by atoms with Gasteiger partial charge in [-0.1, -0.05) is 0 Å². The Balaban J connectivity index is 2.39. The minimum Gasteiger partial charge on any atom is -0.287 e. The minimum absolute atomic E-state index is 0.358. The van der Waals surface area contributed by atoms with Gasteiger partial charge < -0.3 is 0 Å². The quantitative estimate of drug-likeness (QED) is 0.490. The smallest absolute Gasteiger partial charge is 0.120 e. The van der Waals surface area contributed by atoms with Crippen molar-refractivity contribution in [3.8, 4) is 0 Å². The van der Waals surface area contributed by atoms with Crippen molar-refractivity contribution < 1.29 is 5.21 Å². The van der Waals surface area contributed by atoms with Crippen LogP contribution in [-0.4, -0.2) is 22.7 Å². The summed E-state index contributed by atoms with van der Waals surface area (Å²) in [5, 5.41) is 16.9. The van der Waals surface area contributed by atoms with Crippen LogP contribution in [0.2, 0.25) is 0 Å². The molecule has 0 bridgehead atoms. The summed E-state index contributed by atoms with van der Waals surface area (Å²) in [4.78, 5) is 0. The molecule has 0 aliphatic carbocycles. The Labute approximate surface area is 48.4 Å². The third-order valence-electron chi connectivity index (χ3n) is 1.35. The molecule has 0 aromatic carbocycles. The molecule has 0 aromatic heterocycles. The number of rotatable bonds is 0. The van der Waals surface area contributed by atoms with Gasteiger partial charge in [0.25, 0.3) is 0 Å². The van der Waals surface area contributed by atoms with E-state index in [9.17, 15) is 0 Å². The molecule has 1 aliphatic rings. The Morgan fingerprint density at radius 2 is 2.25 bits per heavy atom. The van der Waals surface area contributed by atoms with E-state index in [1.807, 2.05) is 0 Å². The molecule has 0 aromatic rings. The minimum atomic E-state index is 0.358. The maximum atomic E-state index is 8.79. The van der Waals surface area contributed by atoms with Crippen molar-refractivity contribution in [3.63, 3.8) is 0 Å². The molecule has 2 N–H and O–H groups in total. The van der Waals surface area contributed by atoms with Gasteiger partial charge in [0.1, 0.15) is 5.84 Å². The number of amidine groups is 1. The Morgan fingerprint density at radius 1 is 1.50 bits per heavy atom. The van der Waals surface area contributed by atoms with E-state index in [1.54, 1.807) is 0 Å². The molecule has 3 heteroatoms. The van der Waals surface area contributed by atoms with Crippen molar-refractivity contribution in [2.45, 2.75) is 19.3 Å². The van der Waals surface area contributed by atoms with Gasteiger partial charge in [-0.05, 0) is 12.8 Å². The summed E-state index contributed by atoms with van der Waals surface area (Å²) in [6.45, 7) is 0.638. The van der Waals surface area contributed by atoms with E-state index in [-0.39, 0.29) is 0 Å². The number of nitrogens with one attached hydrogen (secondary N) is 1. The van der Waals surface area contributed by atoms with Crippen LogP contribution in [0.15, 0.2) is 0 Å². The van der Waals surface area contributed by atoms with Crippen LogP contribution in [0.25, 0.3) is 0 Å². The Hall–Kier alpha value is -0.570. The van der Waals surface area contributed by atoms with Crippen LogP contribution in [0.3, 0.4) is 0 Å². The van der Waals surface area contributed by atoms with E-state index in [1.165, 1.54) is 0 Å². The molecule has 0 unspecified atom stereocenters. The van der Waals surface area contributed by atoms with Crippen LogP contribution >= 0.6 is 0 Å². The highest BCUT2D eigenvalue weighted by Crippen LogP contribution is 2.06. The largest absolute Gasteiger partial charge is 0.287 e. The van der Waals surface area contributed by atoms with Gasteiger partial charge in [-0.25, -0.2) is 5.06 Å². The fraction of sp³-hybridized carbons (Fsp3) is 0.800. The van der Waals surface area contributed by atoms with Crippen molar-refractivity contribution in [2.75, 3.05) is 6.54 Å². The highest BCUT2D eigenvalue weighted by molar-refractivity contribution is 5.78. The summed E-state index contributed by atoms with van der Waals surface area (Å²) in [6, 6.07) is 0. The molecule has 1 heterocycles. The second-order valence-corrected chi connectivity index (χ2v) is 2.03. The fourth-order valence-electron chi connectivity index (χ4n) is 0.818. The van der Waals surface area contributed by atoms with Crippen molar-refractivity contribution in [3.05, 3.63) is 0 Å². The van der Waals surface area contributed by atoms with Gasteiger partial charge in [-0.2, -0.15) is 0 Å². The third kappa shape index (κ3) is 0.980. The normalized spacial score (nSPS) is 21.6. The first kappa shape index (κ1) is 5.56. The first-order valence-corrected chi connectivity index (χ1v) is 2.84. The standard InChI is InChI=1S/C5H10N2O/c6-5-3-1-2-4-7(5)8/h6,8H,1-4H2. The van der Waals surface area contributed by atoms with Gasteiger partial charge in [-0.3, -0.25) is 10.6 Å². The van der Waals surface area contributed by atoms with Gasteiger partial charge in [0, 0.05) is 13.0 Å². The lowest BCUT2D eigenvalue weighted by Gasteiger charge is -2.21. The van der Waals surface area contributed by atoms with Crippen molar-refractivity contribution >= 4 is 5.84 Å². The van der Waals surface area contributed by atoms with Crippen LogP contribution in [0.1, 0.15) is 19.3 Å². The summed E-state index contributed by atoms with van der Waals surface area (Å²) < 4.78 is 0. The molecule has 3 nitrogen and oxygen atoms in total. The molecule has 1 saturated heterocycles. The van der Waals surface area contributed by atoms with Crippen LogP contribution in [-0.2, 0) is 0 Å². The Morgan fingerprint density at radius 3 is 2.62 bits per heavy atom. The van der Waals surface area contributed by atoms with Crippen LogP contribution < -0.4 is 0 Å². The molecule has 1 rings (SSSR count). The van der Waals surface area contributed by atoms with Gasteiger partial charge in [0.15, 0.2) is 0 Å². The van der Waals surface area contributed by atoms with E-state index >= 15 is 0 Å². The fourth-order valence-corrected chi connectivity index (χ4v) is 0.818. The second kappa shape index (κ2) is 2.13. The summed E-state index contributed by atoms with van der Waals surface area (Å²) in [5.41, 5.74) is 0. The Bertz CT molecular complexity index is 103. The SMILES string of the molecule is N=C1CCCCN1O. The van der Waals surface area contributed by atoms with Crippen molar-refractivity contribution in [1.82, 2.24) is 5.06 Å². The average molecular weight is 114 g/mol. The molecule has 0 radical (unpaired) electrons. The molecular formula is C5H10N2O. The molecule has 46 valence electrons. The topological polar surface area (TPSA) is 47.3 Å². The lowest BCUT2D eigenvalue weighted by molar-refractivity contribution is -0.0258. The molecule has 0 amide bonds. The molecule has 0 atom stereocenters. The first-order chi connectivity index (χ1) is 3.80. The number of hydrogen-bond acceptors (Lipinski definition) is 2. The zero-order valence-corrected chi connectivity index (χ0v) is 4.72. The van der Waals surface area contributed by atoms with E-state index < -0.39 is 0 Å². The maximum Gasteiger partial charge on any atom is 0.120 e. The summed E-state index contributed by atoms with van der Waals surface area (Å²) in [7, 11) is 0. The van der Waals surface area contributed by atoms with Crippen LogP contribution in [0.5, 0.6) is 0 Å². The Kier molecular flexibility index (Phi) is 1.48. The average Bonchev–Trinajstić information content (AvgIpc) is 1.77. The number of piperidine rings is 1. The molecular weight excluding hydrogens is 104 g/mol. The number of nitrogens with zero attached hydrogens (tertiary/aromatic N) is 1. The van der Waals surface area contributed by atoms with E-state index in [0.29, 0.717) is 12.4 Å². The van der Waals surface area contributed by atoms with Gasteiger partial charge in [0.2, 0.25) is 0 Å². The van der Waals surface area contributed by atoms with Gasteiger partial charge in [0.05, 0.1) is 0 Å².